The molecule has 2 rings (SSSR count). The van der Waals surface area contributed by atoms with Crippen molar-refractivity contribution in [2.75, 3.05) is 20.1 Å². The molecule has 1 saturated carbocycles. The van der Waals surface area contributed by atoms with Crippen LogP contribution >= 0.6 is 24.0 Å². The molecular formula is C18H26F3IN4O. The van der Waals surface area contributed by atoms with Crippen molar-refractivity contribution in [3.8, 4) is 0 Å². The minimum Gasteiger partial charge on any atom is -0.356 e. The number of hydrogen-bond acceptors (Lipinski definition) is 2. The molecule has 152 valence electrons. The second-order valence-corrected chi connectivity index (χ2v) is 6.32. The number of aliphatic imine (C=N–C) groups is 1. The van der Waals surface area contributed by atoms with Gasteiger partial charge in [0.2, 0.25) is 5.91 Å². The zero-order chi connectivity index (χ0) is 19.0. The average molecular weight is 498 g/mol. The average Bonchev–Trinajstić information content (AvgIpc) is 3.40. The molecule has 0 spiro atoms. The van der Waals surface area contributed by atoms with Gasteiger partial charge in [-0.25, -0.2) is 0 Å². The highest BCUT2D eigenvalue weighted by molar-refractivity contribution is 14.0. The molecule has 0 radical (unpaired) electrons. The lowest BCUT2D eigenvalue weighted by atomic mass is 10.1. The Hall–Kier alpha value is -1.52. The van der Waals surface area contributed by atoms with Gasteiger partial charge in [0.25, 0.3) is 0 Å². The standard InChI is InChI=1S/C18H25F3N4O.HI/c1-22-17(23-11-2-3-16(26)25-15-8-9-15)24-12-10-13-4-6-14(7-5-13)18(19,20)21;/h4-7,15H,2-3,8-12H2,1H3,(H,25,26)(H2,22,23,24);1H. The monoisotopic (exact) mass is 498 g/mol. The minimum atomic E-state index is -4.31. The lowest BCUT2D eigenvalue weighted by Gasteiger charge is -2.12. The molecule has 0 heterocycles. The summed E-state index contributed by atoms with van der Waals surface area (Å²) in [6.07, 6.45) is -0.371. The highest BCUT2D eigenvalue weighted by atomic mass is 127. The summed E-state index contributed by atoms with van der Waals surface area (Å²) in [7, 11) is 1.65. The van der Waals surface area contributed by atoms with E-state index >= 15 is 0 Å². The molecule has 0 aliphatic heterocycles. The quantitative estimate of drug-likeness (QED) is 0.224. The zero-order valence-electron chi connectivity index (χ0n) is 15.2. The Morgan fingerprint density at radius 3 is 2.33 bits per heavy atom. The number of nitrogens with one attached hydrogen (secondary N) is 3. The van der Waals surface area contributed by atoms with Crippen molar-refractivity contribution in [3.63, 3.8) is 0 Å². The van der Waals surface area contributed by atoms with Gasteiger partial charge in [0.15, 0.2) is 5.96 Å². The predicted molar refractivity (Wildman–Crippen MR) is 110 cm³/mol. The summed E-state index contributed by atoms with van der Waals surface area (Å²) in [4.78, 5) is 15.7. The molecule has 0 aromatic heterocycles. The summed E-state index contributed by atoms with van der Waals surface area (Å²) >= 11 is 0. The van der Waals surface area contributed by atoms with Gasteiger partial charge in [0.1, 0.15) is 0 Å². The molecule has 0 unspecified atom stereocenters. The maximum Gasteiger partial charge on any atom is 0.416 e. The van der Waals surface area contributed by atoms with E-state index in [-0.39, 0.29) is 29.9 Å². The first kappa shape index (κ1) is 23.5. The van der Waals surface area contributed by atoms with E-state index in [0.29, 0.717) is 44.4 Å². The smallest absolute Gasteiger partial charge is 0.356 e. The van der Waals surface area contributed by atoms with Gasteiger partial charge in [0.05, 0.1) is 5.56 Å². The third-order valence-electron chi connectivity index (χ3n) is 4.03. The molecule has 1 aliphatic carbocycles. The molecule has 5 nitrogen and oxygen atoms in total. The van der Waals surface area contributed by atoms with E-state index in [9.17, 15) is 18.0 Å². The van der Waals surface area contributed by atoms with Crippen LogP contribution < -0.4 is 16.0 Å². The van der Waals surface area contributed by atoms with Crippen LogP contribution in [-0.4, -0.2) is 38.0 Å². The molecule has 1 aromatic rings. The zero-order valence-corrected chi connectivity index (χ0v) is 17.6. The number of nitrogens with zero attached hydrogens (tertiary/aromatic N) is 1. The van der Waals surface area contributed by atoms with Crippen LogP contribution in [0.4, 0.5) is 13.2 Å². The number of halogens is 4. The first-order chi connectivity index (χ1) is 12.4. The second kappa shape index (κ2) is 11.4. The van der Waals surface area contributed by atoms with Gasteiger partial charge in [-0.05, 0) is 43.4 Å². The fourth-order valence-electron chi connectivity index (χ4n) is 2.39. The maximum atomic E-state index is 12.5. The molecule has 0 bridgehead atoms. The summed E-state index contributed by atoms with van der Waals surface area (Å²) in [5, 5.41) is 9.17. The first-order valence-electron chi connectivity index (χ1n) is 8.78. The fraction of sp³-hybridized carbons (Fsp3) is 0.556. The van der Waals surface area contributed by atoms with Crippen LogP contribution in [0.5, 0.6) is 0 Å². The molecule has 27 heavy (non-hydrogen) atoms. The Balaban J connectivity index is 0.00000364. The van der Waals surface area contributed by atoms with Gasteiger partial charge in [-0.15, -0.1) is 24.0 Å². The largest absolute Gasteiger partial charge is 0.416 e. The van der Waals surface area contributed by atoms with Crippen LogP contribution in [0, 0.1) is 0 Å². The molecule has 9 heteroatoms. The summed E-state index contributed by atoms with van der Waals surface area (Å²) in [6.45, 7) is 1.17. The predicted octanol–water partition coefficient (Wildman–Crippen LogP) is 3.09. The number of hydrogen-bond donors (Lipinski definition) is 3. The van der Waals surface area contributed by atoms with E-state index < -0.39 is 11.7 Å². The number of carbonyl (C=O) groups excluding carboxylic acids is 1. The van der Waals surface area contributed by atoms with Crippen molar-refractivity contribution >= 4 is 35.8 Å². The third kappa shape index (κ3) is 9.30. The van der Waals surface area contributed by atoms with Gasteiger partial charge in [0, 0.05) is 32.6 Å². The van der Waals surface area contributed by atoms with E-state index in [1.165, 1.54) is 12.1 Å². The minimum absolute atomic E-state index is 0. The Kier molecular flexibility index (Phi) is 9.89. The Morgan fingerprint density at radius 2 is 1.78 bits per heavy atom. The van der Waals surface area contributed by atoms with Crippen LogP contribution in [0.25, 0.3) is 0 Å². The highest BCUT2D eigenvalue weighted by Crippen LogP contribution is 2.29. The number of amides is 1. The Bertz CT molecular complexity index is 616. The lowest BCUT2D eigenvalue weighted by Crippen LogP contribution is -2.39. The molecule has 0 atom stereocenters. The van der Waals surface area contributed by atoms with Crippen LogP contribution in [0.2, 0.25) is 0 Å². The Labute approximate surface area is 174 Å². The van der Waals surface area contributed by atoms with E-state index in [0.717, 1.165) is 30.5 Å². The van der Waals surface area contributed by atoms with Crippen molar-refractivity contribution in [2.45, 2.75) is 44.3 Å². The van der Waals surface area contributed by atoms with Gasteiger partial charge >= 0.3 is 6.18 Å². The lowest BCUT2D eigenvalue weighted by molar-refractivity contribution is -0.137. The van der Waals surface area contributed by atoms with E-state index in [2.05, 4.69) is 20.9 Å². The summed E-state index contributed by atoms with van der Waals surface area (Å²) in [5.74, 6) is 0.694. The van der Waals surface area contributed by atoms with Crippen LogP contribution in [0.15, 0.2) is 29.3 Å². The van der Waals surface area contributed by atoms with Crippen molar-refractivity contribution in [2.24, 2.45) is 4.99 Å². The summed E-state index contributed by atoms with van der Waals surface area (Å²) in [6, 6.07) is 5.54. The van der Waals surface area contributed by atoms with E-state index in [1.807, 2.05) is 0 Å². The number of benzene rings is 1. The SMILES string of the molecule is CN=C(NCCCC(=O)NC1CC1)NCCc1ccc(C(F)(F)F)cc1.I. The van der Waals surface area contributed by atoms with Gasteiger partial charge < -0.3 is 16.0 Å². The van der Waals surface area contributed by atoms with Crippen LogP contribution in [0.1, 0.15) is 36.8 Å². The number of guanidine groups is 1. The van der Waals surface area contributed by atoms with Gasteiger partial charge in [-0.2, -0.15) is 13.2 Å². The van der Waals surface area contributed by atoms with Crippen LogP contribution in [0.3, 0.4) is 0 Å². The Morgan fingerprint density at radius 1 is 1.15 bits per heavy atom. The number of alkyl halides is 3. The fourth-order valence-corrected chi connectivity index (χ4v) is 2.39. The molecule has 1 aromatic carbocycles. The summed E-state index contributed by atoms with van der Waals surface area (Å²) < 4.78 is 37.6. The molecule has 1 aliphatic rings. The van der Waals surface area contributed by atoms with Gasteiger partial charge in [-0.1, -0.05) is 12.1 Å². The molecule has 1 amide bonds. The second-order valence-electron chi connectivity index (χ2n) is 6.32. The first-order valence-corrected chi connectivity index (χ1v) is 8.78. The van der Waals surface area contributed by atoms with Gasteiger partial charge in [-0.3, -0.25) is 9.79 Å². The molecule has 0 saturated heterocycles. The topological polar surface area (TPSA) is 65.5 Å². The molecular weight excluding hydrogens is 472 g/mol. The molecule has 3 N–H and O–H groups in total. The number of rotatable bonds is 8. The number of carbonyl (C=O) groups is 1. The normalized spacial score (nSPS) is 14.3. The van der Waals surface area contributed by atoms with Crippen molar-refractivity contribution in [3.05, 3.63) is 35.4 Å². The maximum absolute atomic E-state index is 12.5. The van der Waals surface area contributed by atoms with E-state index in [4.69, 9.17) is 0 Å². The third-order valence-corrected chi connectivity index (χ3v) is 4.03. The summed E-state index contributed by atoms with van der Waals surface area (Å²) in [5.41, 5.74) is 0.176. The van der Waals surface area contributed by atoms with E-state index in [1.54, 1.807) is 7.05 Å². The van der Waals surface area contributed by atoms with Crippen LogP contribution in [-0.2, 0) is 17.4 Å². The van der Waals surface area contributed by atoms with Crippen molar-refractivity contribution < 1.29 is 18.0 Å². The van der Waals surface area contributed by atoms with Crippen molar-refractivity contribution in [1.82, 2.24) is 16.0 Å². The van der Waals surface area contributed by atoms with Crippen molar-refractivity contribution in [1.29, 1.82) is 0 Å². The molecule has 1 fully saturated rings. The highest BCUT2D eigenvalue weighted by Gasteiger charge is 2.29.